The number of aromatic nitrogens is 3. The van der Waals surface area contributed by atoms with E-state index in [9.17, 15) is 14.4 Å². The SMILES string of the molecule is Cc1nc(-c2ccccc2)sc1-c1ccc(=O)n(CCNC(=O)c2cc(=O)c3ccccc3o2)n1. The standard InChI is InChI=1S/C26H20N4O4S/c1-16-24(35-26(28-16)17-7-3-2-4-8-17)19-11-12-23(32)30(29-19)14-13-27-25(33)22-15-20(31)18-9-5-6-10-21(18)34-22/h2-12,15H,13-14H2,1H3,(H,27,33). The topological polar surface area (TPSA) is 107 Å². The number of aryl methyl sites for hydroxylation is 1. The first kappa shape index (κ1) is 22.4. The zero-order valence-corrected chi connectivity index (χ0v) is 19.5. The van der Waals surface area contributed by atoms with Gasteiger partial charge in [-0.1, -0.05) is 42.5 Å². The molecule has 174 valence electrons. The lowest BCUT2D eigenvalue weighted by atomic mass is 10.2. The largest absolute Gasteiger partial charge is 0.451 e. The third kappa shape index (κ3) is 4.67. The van der Waals surface area contributed by atoms with E-state index in [-0.39, 0.29) is 29.8 Å². The lowest BCUT2D eigenvalue weighted by Gasteiger charge is -2.08. The number of benzene rings is 2. The molecule has 2 aromatic carbocycles. The average molecular weight is 485 g/mol. The predicted octanol–water partition coefficient (Wildman–Crippen LogP) is 3.88. The van der Waals surface area contributed by atoms with Crippen molar-refractivity contribution in [1.29, 1.82) is 0 Å². The van der Waals surface area contributed by atoms with Crippen LogP contribution < -0.4 is 16.3 Å². The predicted molar refractivity (Wildman–Crippen MR) is 135 cm³/mol. The molecule has 0 fully saturated rings. The number of hydrogen-bond donors (Lipinski definition) is 1. The normalized spacial score (nSPS) is 11.0. The molecule has 5 rings (SSSR count). The maximum atomic E-state index is 12.5. The number of carbonyl (C=O) groups is 1. The van der Waals surface area contributed by atoms with Crippen molar-refractivity contribution in [2.45, 2.75) is 13.5 Å². The molecule has 1 amide bonds. The van der Waals surface area contributed by atoms with Gasteiger partial charge in [-0.25, -0.2) is 9.67 Å². The van der Waals surface area contributed by atoms with Gasteiger partial charge < -0.3 is 9.73 Å². The highest BCUT2D eigenvalue weighted by atomic mass is 32.1. The minimum atomic E-state index is -0.539. The Morgan fingerprint density at radius 1 is 1.03 bits per heavy atom. The van der Waals surface area contributed by atoms with Gasteiger partial charge in [-0.2, -0.15) is 5.10 Å². The second-order valence-electron chi connectivity index (χ2n) is 7.81. The van der Waals surface area contributed by atoms with Crippen LogP contribution in [0.15, 0.2) is 86.8 Å². The van der Waals surface area contributed by atoms with Crippen molar-refractivity contribution in [2.75, 3.05) is 6.54 Å². The fourth-order valence-corrected chi connectivity index (χ4v) is 4.68. The van der Waals surface area contributed by atoms with E-state index in [2.05, 4.69) is 15.4 Å². The summed E-state index contributed by atoms with van der Waals surface area (Å²) in [6.07, 6.45) is 0. The Kier molecular flexibility index (Phi) is 6.07. The molecule has 0 saturated heterocycles. The fraction of sp³-hybridized carbons (Fsp3) is 0.115. The molecule has 8 nitrogen and oxygen atoms in total. The highest BCUT2D eigenvalue weighted by molar-refractivity contribution is 7.18. The lowest BCUT2D eigenvalue weighted by molar-refractivity contribution is 0.0924. The van der Waals surface area contributed by atoms with Crippen LogP contribution in [0.1, 0.15) is 16.2 Å². The van der Waals surface area contributed by atoms with Crippen LogP contribution in [-0.4, -0.2) is 27.2 Å². The van der Waals surface area contributed by atoms with E-state index in [1.807, 2.05) is 37.3 Å². The van der Waals surface area contributed by atoms with Crippen molar-refractivity contribution in [3.63, 3.8) is 0 Å². The monoisotopic (exact) mass is 484 g/mol. The molecule has 0 aliphatic carbocycles. The summed E-state index contributed by atoms with van der Waals surface area (Å²) in [4.78, 5) is 42.7. The molecule has 0 spiro atoms. The molecule has 5 aromatic rings. The van der Waals surface area contributed by atoms with Gasteiger partial charge in [0.15, 0.2) is 11.2 Å². The minimum absolute atomic E-state index is 0.0866. The second kappa shape index (κ2) is 9.47. The summed E-state index contributed by atoms with van der Waals surface area (Å²) in [5, 5.41) is 8.45. The number of nitrogens with zero attached hydrogens (tertiary/aromatic N) is 3. The van der Waals surface area contributed by atoms with Gasteiger partial charge in [-0.05, 0) is 25.1 Å². The van der Waals surface area contributed by atoms with E-state index in [1.54, 1.807) is 30.3 Å². The summed E-state index contributed by atoms with van der Waals surface area (Å²) in [7, 11) is 0. The molecule has 0 unspecified atom stereocenters. The van der Waals surface area contributed by atoms with Crippen LogP contribution in [-0.2, 0) is 6.54 Å². The van der Waals surface area contributed by atoms with Crippen LogP contribution >= 0.6 is 11.3 Å². The Labute approximate surface area is 203 Å². The van der Waals surface area contributed by atoms with Gasteiger partial charge in [0.2, 0.25) is 0 Å². The van der Waals surface area contributed by atoms with E-state index in [0.717, 1.165) is 21.1 Å². The van der Waals surface area contributed by atoms with Gasteiger partial charge in [-0.3, -0.25) is 14.4 Å². The van der Waals surface area contributed by atoms with E-state index in [0.29, 0.717) is 16.7 Å². The van der Waals surface area contributed by atoms with Crippen LogP contribution in [0.4, 0.5) is 0 Å². The number of carbonyl (C=O) groups excluding carboxylic acids is 1. The summed E-state index contributed by atoms with van der Waals surface area (Å²) >= 11 is 1.51. The molecule has 0 aliphatic heterocycles. The molecule has 0 bridgehead atoms. The van der Waals surface area contributed by atoms with Crippen LogP contribution in [0, 0.1) is 6.92 Å². The van der Waals surface area contributed by atoms with Crippen molar-refractivity contribution in [1.82, 2.24) is 20.1 Å². The third-order valence-electron chi connectivity index (χ3n) is 5.38. The Balaban J connectivity index is 1.32. The summed E-state index contributed by atoms with van der Waals surface area (Å²) in [5.74, 6) is -0.626. The molecule has 0 saturated carbocycles. The molecule has 0 atom stereocenters. The highest BCUT2D eigenvalue weighted by Crippen LogP contribution is 2.33. The molecule has 1 N–H and O–H groups in total. The lowest BCUT2D eigenvalue weighted by Crippen LogP contribution is -2.32. The fourth-order valence-electron chi connectivity index (χ4n) is 3.65. The van der Waals surface area contributed by atoms with Crippen molar-refractivity contribution in [3.8, 4) is 21.1 Å². The van der Waals surface area contributed by atoms with Crippen molar-refractivity contribution in [2.24, 2.45) is 0 Å². The van der Waals surface area contributed by atoms with Crippen LogP contribution in [0.5, 0.6) is 0 Å². The summed E-state index contributed by atoms with van der Waals surface area (Å²) in [5.41, 5.74) is 2.23. The number of nitrogens with one attached hydrogen (secondary N) is 1. The second-order valence-corrected chi connectivity index (χ2v) is 8.81. The quantitative estimate of drug-likeness (QED) is 0.392. The zero-order chi connectivity index (χ0) is 24.4. The van der Waals surface area contributed by atoms with E-state index < -0.39 is 5.91 Å². The first-order valence-corrected chi connectivity index (χ1v) is 11.7. The van der Waals surface area contributed by atoms with Gasteiger partial charge in [0.25, 0.3) is 11.5 Å². The van der Waals surface area contributed by atoms with E-state index in [4.69, 9.17) is 4.42 Å². The van der Waals surface area contributed by atoms with Gasteiger partial charge in [0.1, 0.15) is 16.3 Å². The molecule has 0 radical (unpaired) electrons. The molecule has 35 heavy (non-hydrogen) atoms. The Bertz CT molecular complexity index is 1650. The third-order valence-corrected chi connectivity index (χ3v) is 6.61. The smallest absolute Gasteiger partial charge is 0.287 e. The first-order valence-electron chi connectivity index (χ1n) is 10.9. The maximum Gasteiger partial charge on any atom is 0.287 e. The first-order chi connectivity index (χ1) is 17.0. The molecular weight excluding hydrogens is 464 g/mol. The van der Waals surface area contributed by atoms with Crippen molar-refractivity contribution < 1.29 is 9.21 Å². The van der Waals surface area contributed by atoms with Gasteiger partial charge in [-0.15, -0.1) is 11.3 Å². The van der Waals surface area contributed by atoms with Gasteiger partial charge in [0, 0.05) is 24.2 Å². The molecule has 0 aliphatic rings. The maximum absolute atomic E-state index is 12.5. The van der Waals surface area contributed by atoms with Gasteiger partial charge >= 0.3 is 0 Å². The van der Waals surface area contributed by atoms with Crippen LogP contribution in [0.3, 0.4) is 0 Å². The summed E-state index contributed by atoms with van der Waals surface area (Å²) in [6.45, 7) is 2.19. The Morgan fingerprint density at radius 3 is 2.63 bits per heavy atom. The minimum Gasteiger partial charge on any atom is -0.451 e. The van der Waals surface area contributed by atoms with E-state index in [1.165, 1.54) is 28.2 Å². The molecule has 3 heterocycles. The summed E-state index contributed by atoms with van der Waals surface area (Å²) < 4.78 is 6.86. The number of amides is 1. The van der Waals surface area contributed by atoms with Crippen LogP contribution in [0.25, 0.3) is 32.1 Å². The average Bonchev–Trinajstić information content (AvgIpc) is 3.27. The Hall–Kier alpha value is -4.37. The highest BCUT2D eigenvalue weighted by Gasteiger charge is 2.15. The van der Waals surface area contributed by atoms with Crippen molar-refractivity contribution in [3.05, 3.63) is 105 Å². The molecule has 9 heteroatoms. The number of hydrogen-bond acceptors (Lipinski definition) is 7. The molecular formula is C26H20N4O4S. The number of fused-ring (bicyclic) bond motifs is 1. The molecule has 3 aromatic heterocycles. The zero-order valence-electron chi connectivity index (χ0n) is 18.7. The number of thiazole rings is 1. The van der Waals surface area contributed by atoms with E-state index >= 15 is 0 Å². The number of para-hydroxylation sites is 1. The number of rotatable bonds is 6. The Morgan fingerprint density at radius 2 is 1.80 bits per heavy atom. The van der Waals surface area contributed by atoms with Crippen molar-refractivity contribution >= 4 is 28.2 Å². The van der Waals surface area contributed by atoms with Gasteiger partial charge in [0.05, 0.1) is 22.5 Å². The summed E-state index contributed by atoms with van der Waals surface area (Å²) in [6, 6.07) is 20.9. The van der Waals surface area contributed by atoms with Crippen LogP contribution in [0.2, 0.25) is 0 Å².